The predicted molar refractivity (Wildman–Crippen MR) is 51.1 cm³/mol. The average Bonchev–Trinajstić information content (AvgIpc) is 2.47. The Morgan fingerprint density at radius 3 is 2.91 bits per heavy atom. The summed E-state index contributed by atoms with van der Waals surface area (Å²) in [5.74, 6) is 0. The van der Waals surface area contributed by atoms with Crippen LogP contribution in [-0.2, 0) is 0 Å². The summed E-state index contributed by atoms with van der Waals surface area (Å²) in [5.41, 5.74) is 0. The van der Waals surface area contributed by atoms with Crippen molar-refractivity contribution in [3.8, 4) is 0 Å². The summed E-state index contributed by atoms with van der Waals surface area (Å²) in [4.78, 5) is 2.70. The van der Waals surface area contributed by atoms with Gasteiger partial charge in [0, 0.05) is 11.3 Å². The van der Waals surface area contributed by atoms with Crippen molar-refractivity contribution in [2.24, 2.45) is 0 Å². The minimum absolute atomic E-state index is 0.943. The zero-order chi connectivity index (χ0) is 7.68. The Bertz CT molecular complexity index is 132. The normalized spacial score (nSPS) is 39.0. The van der Waals surface area contributed by atoms with Crippen LogP contribution in [0.2, 0.25) is 0 Å². The average molecular weight is 171 g/mol. The van der Waals surface area contributed by atoms with Gasteiger partial charge in [-0.15, -0.1) is 0 Å². The van der Waals surface area contributed by atoms with E-state index in [1.165, 1.54) is 38.8 Å². The molecule has 0 spiro atoms. The molecule has 0 aliphatic carbocycles. The lowest BCUT2D eigenvalue weighted by atomic mass is 10.0. The third-order valence-corrected chi connectivity index (χ3v) is 4.25. The lowest BCUT2D eigenvalue weighted by Crippen LogP contribution is -2.37. The molecule has 2 rings (SSSR count). The molecule has 0 aromatic rings. The van der Waals surface area contributed by atoms with Crippen LogP contribution in [0.1, 0.15) is 25.7 Å². The molecular weight excluding hydrogens is 154 g/mol. The Balaban J connectivity index is 1.98. The lowest BCUT2D eigenvalue weighted by Gasteiger charge is -2.31. The highest BCUT2D eigenvalue weighted by Crippen LogP contribution is 2.33. The van der Waals surface area contributed by atoms with E-state index in [4.69, 9.17) is 0 Å². The van der Waals surface area contributed by atoms with Crippen molar-refractivity contribution in [1.82, 2.24) is 4.90 Å². The molecule has 2 aliphatic rings. The summed E-state index contributed by atoms with van der Waals surface area (Å²) in [6.45, 7) is 2.75. The van der Waals surface area contributed by atoms with E-state index < -0.39 is 0 Å². The molecule has 11 heavy (non-hydrogen) atoms. The van der Waals surface area contributed by atoms with E-state index >= 15 is 0 Å². The van der Waals surface area contributed by atoms with Crippen LogP contribution in [0.15, 0.2) is 0 Å². The maximum Gasteiger partial charge on any atom is 0.0215 e. The zero-order valence-electron chi connectivity index (χ0n) is 7.25. The van der Waals surface area contributed by atoms with Crippen molar-refractivity contribution in [1.29, 1.82) is 0 Å². The molecule has 64 valence electrons. The van der Waals surface area contributed by atoms with Gasteiger partial charge in [-0.3, -0.25) is 4.90 Å². The summed E-state index contributed by atoms with van der Waals surface area (Å²) in [7, 11) is 0. The van der Waals surface area contributed by atoms with Crippen LogP contribution in [0.4, 0.5) is 0 Å². The van der Waals surface area contributed by atoms with Gasteiger partial charge in [0.05, 0.1) is 0 Å². The molecule has 0 bridgehead atoms. The lowest BCUT2D eigenvalue weighted by molar-refractivity contribution is 0.200. The molecule has 2 unspecified atom stereocenters. The molecule has 2 atom stereocenters. The summed E-state index contributed by atoms with van der Waals surface area (Å²) in [5, 5.41) is 0.954. The Labute approximate surface area is 73.5 Å². The van der Waals surface area contributed by atoms with E-state index in [2.05, 4.69) is 22.9 Å². The molecule has 0 saturated carbocycles. The number of piperidine rings is 1. The number of hydrogen-bond donors (Lipinski definition) is 0. The fourth-order valence-corrected chi connectivity index (χ4v) is 3.44. The Morgan fingerprint density at radius 2 is 2.09 bits per heavy atom. The zero-order valence-corrected chi connectivity index (χ0v) is 8.07. The molecule has 0 radical (unpaired) electrons. The molecule has 0 aromatic carbocycles. The first-order valence-electron chi connectivity index (χ1n) is 4.68. The highest BCUT2D eigenvalue weighted by molar-refractivity contribution is 7.99. The molecular formula is C9H17NS. The first-order chi connectivity index (χ1) is 5.42. The molecule has 0 amide bonds. The maximum absolute atomic E-state index is 2.70. The Morgan fingerprint density at radius 1 is 1.18 bits per heavy atom. The first-order valence-corrected chi connectivity index (χ1v) is 5.97. The fourth-order valence-electron chi connectivity index (χ4n) is 2.48. The van der Waals surface area contributed by atoms with Crippen LogP contribution < -0.4 is 0 Å². The monoisotopic (exact) mass is 171 g/mol. The number of nitrogens with zero attached hydrogens (tertiary/aromatic N) is 1. The van der Waals surface area contributed by atoms with Gasteiger partial charge in [0.25, 0.3) is 0 Å². The second kappa shape index (κ2) is 3.36. The molecule has 2 saturated heterocycles. The Kier molecular flexibility index (Phi) is 2.42. The van der Waals surface area contributed by atoms with Gasteiger partial charge < -0.3 is 0 Å². The predicted octanol–water partition coefficient (Wildman–Crippen LogP) is 1.98. The van der Waals surface area contributed by atoms with E-state index in [0.29, 0.717) is 0 Å². The van der Waals surface area contributed by atoms with Crippen LogP contribution in [0, 0.1) is 0 Å². The standard InChI is InChI=1S/C9H17NS/c1-11-9-5-7-10-6-3-2-4-8(9)10/h8-9H,2-7H2,1H3. The second-order valence-corrected chi connectivity index (χ2v) is 4.74. The van der Waals surface area contributed by atoms with Gasteiger partial charge in [0.1, 0.15) is 0 Å². The van der Waals surface area contributed by atoms with Crippen LogP contribution in [0.3, 0.4) is 0 Å². The van der Waals surface area contributed by atoms with Crippen LogP contribution in [-0.4, -0.2) is 35.5 Å². The van der Waals surface area contributed by atoms with Gasteiger partial charge in [-0.05, 0) is 38.6 Å². The van der Waals surface area contributed by atoms with Crippen LogP contribution >= 0.6 is 11.8 Å². The van der Waals surface area contributed by atoms with Crippen LogP contribution in [0.25, 0.3) is 0 Å². The van der Waals surface area contributed by atoms with Crippen molar-refractivity contribution < 1.29 is 0 Å². The third-order valence-electron chi connectivity index (χ3n) is 3.10. The smallest absolute Gasteiger partial charge is 0.0215 e. The summed E-state index contributed by atoms with van der Waals surface area (Å²) in [6.07, 6.45) is 8.08. The number of rotatable bonds is 1. The van der Waals surface area contributed by atoms with Gasteiger partial charge in [-0.1, -0.05) is 6.42 Å². The molecule has 2 fully saturated rings. The highest BCUT2D eigenvalue weighted by Gasteiger charge is 2.34. The van der Waals surface area contributed by atoms with E-state index in [9.17, 15) is 0 Å². The quantitative estimate of drug-likeness (QED) is 0.593. The van der Waals surface area contributed by atoms with Gasteiger partial charge >= 0.3 is 0 Å². The molecule has 2 aliphatic heterocycles. The largest absolute Gasteiger partial charge is 0.299 e. The Hall–Kier alpha value is 0.310. The molecule has 0 N–H and O–H groups in total. The SMILES string of the molecule is CSC1CCN2CCCCC12. The third kappa shape index (κ3) is 1.43. The van der Waals surface area contributed by atoms with Crippen molar-refractivity contribution in [2.75, 3.05) is 19.3 Å². The van der Waals surface area contributed by atoms with E-state index in [0.717, 1.165) is 11.3 Å². The maximum atomic E-state index is 2.70. The van der Waals surface area contributed by atoms with Gasteiger partial charge in [-0.25, -0.2) is 0 Å². The number of hydrogen-bond acceptors (Lipinski definition) is 2. The minimum Gasteiger partial charge on any atom is -0.299 e. The summed E-state index contributed by atoms with van der Waals surface area (Å²) < 4.78 is 0. The van der Waals surface area contributed by atoms with Gasteiger partial charge in [-0.2, -0.15) is 11.8 Å². The molecule has 1 nitrogen and oxygen atoms in total. The highest BCUT2D eigenvalue weighted by atomic mass is 32.2. The van der Waals surface area contributed by atoms with Gasteiger partial charge in [0.15, 0.2) is 0 Å². The molecule has 2 heteroatoms. The number of fused-ring (bicyclic) bond motifs is 1. The van der Waals surface area contributed by atoms with E-state index in [1.807, 2.05) is 0 Å². The van der Waals surface area contributed by atoms with Crippen molar-refractivity contribution >= 4 is 11.8 Å². The van der Waals surface area contributed by atoms with E-state index in [-0.39, 0.29) is 0 Å². The van der Waals surface area contributed by atoms with Gasteiger partial charge in [0.2, 0.25) is 0 Å². The summed E-state index contributed by atoms with van der Waals surface area (Å²) in [6, 6.07) is 0.943. The van der Waals surface area contributed by atoms with Crippen molar-refractivity contribution in [3.63, 3.8) is 0 Å². The number of thioether (sulfide) groups is 1. The van der Waals surface area contributed by atoms with E-state index in [1.54, 1.807) is 0 Å². The minimum atomic E-state index is 0.943. The molecule has 2 heterocycles. The fraction of sp³-hybridized carbons (Fsp3) is 1.00. The van der Waals surface area contributed by atoms with Crippen molar-refractivity contribution in [3.05, 3.63) is 0 Å². The molecule has 0 aromatic heterocycles. The second-order valence-electron chi connectivity index (χ2n) is 3.66. The summed E-state index contributed by atoms with van der Waals surface area (Å²) >= 11 is 2.08. The van der Waals surface area contributed by atoms with Crippen LogP contribution in [0.5, 0.6) is 0 Å². The first kappa shape index (κ1) is 7.93. The van der Waals surface area contributed by atoms with Crippen molar-refractivity contribution in [2.45, 2.75) is 37.0 Å². The topological polar surface area (TPSA) is 3.24 Å².